The fraction of sp³-hybridized carbons (Fsp3) is 0.320. The number of hydrogen-bond acceptors (Lipinski definition) is 9. The van der Waals surface area contributed by atoms with E-state index in [1.807, 2.05) is 47.5 Å². The largest absolute Gasteiger partial charge is 0.370 e. The van der Waals surface area contributed by atoms with Gasteiger partial charge in [0.15, 0.2) is 5.16 Å². The Hall–Kier alpha value is -2.96. The zero-order valence-electron chi connectivity index (χ0n) is 19.9. The van der Waals surface area contributed by atoms with E-state index in [1.165, 1.54) is 27.8 Å². The number of nitrogens with one attached hydrogen (secondary N) is 3. The summed E-state index contributed by atoms with van der Waals surface area (Å²) < 4.78 is 8.19. The van der Waals surface area contributed by atoms with Crippen LogP contribution in [0.25, 0.3) is 15.8 Å². The minimum Gasteiger partial charge on any atom is -0.370 e. The minimum atomic E-state index is -0.205. The summed E-state index contributed by atoms with van der Waals surface area (Å²) in [5.74, 6) is 0.880. The second kappa shape index (κ2) is 8.29. The molecule has 0 radical (unpaired) electrons. The Morgan fingerprint density at radius 3 is 3.03 bits per heavy atom. The summed E-state index contributed by atoms with van der Waals surface area (Å²) in [4.78, 5) is 14.2. The van der Waals surface area contributed by atoms with Crippen LogP contribution in [0.3, 0.4) is 0 Å². The zero-order valence-corrected chi connectivity index (χ0v) is 21.5. The third-order valence-corrected chi connectivity index (χ3v) is 8.95. The second-order valence-electron chi connectivity index (χ2n) is 9.74. The lowest BCUT2D eigenvalue weighted by atomic mass is 9.92. The fourth-order valence-electron chi connectivity index (χ4n) is 5.18. The van der Waals surface area contributed by atoms with E-state index < -0.39 is 0 Å². The van der Waals surface area contributed by atoms with Crippen molar-refractivity contribution in [1.29, 1.82) is 0 Å². The first-order valence-electron chi connectivity index (χ1n) is 11.9. The quantitative estimate of drug-likeness (QED) is 0.349. The van der Waals surface area contributed by atoms with Crippen molar-refractivity contribution in [1.82, 2.24) is 25.5 Å². The van der Waals surface area contributed by atoms with Crippen LogP contribution in [0.1, 0.15) is 36.0 Å². The number of amides is 1. The molecule has 7 rings (SSSR count). The van der Waals surface area contributed by atoms with Gasteiger partial charge in [-0.25, -0.2) is 9.99 Å². The first-order chi connectivity index (χ1) is 17.5. The van der Waals surface area contributed by atoms with Crippen LogP contribution in [-0.2, 0) is 22.6 Å². The van der Waals surface area contributed by atoms with Crippen molar-refractivity contribution in [2.45, 2.75) is 43.8 Å². The van der Waals surface area contributed by atoms with Crippen molar-refractivity contribution >= 4 is 51.4 Å². The van der Waals surface area contributed by atoms with Crippen LogP contribution < -0.4 is 21.1 Å². The molecule has 5 heterocycles. The van der Waals surface area contributed by atoms with Crippen molar-refractivity contribution in [2.75, 3.05) is 22.7 Å². The summed E-state index contributed by atoms with van der Waals surface area (Å²) in [6.07, 6.45) is 0.853. The monoisotopic (exact) mass is 519 g/mol. The number of ether oxygens (including phenoxy) is 1. The summed E-state index contributed by atoms with van der Waals surface area (Å²) >= 11 is 3.13. The van der Waals surface area contributed by atoms with Crippen LogP contribution in [0.5, 0.6) is 0 Å². The van der Waals surface area contributed by atoms with Gasteiger partial charge in [-0.3, -0.25) is 15.1 Å². The van der Waals surface area contributed by atoms with E-state index in [0.717, 1.165) is 33.8 Å². The van der Waals surface area contributed by atoms with E-state index in [2.05, 4.69) is 44.7 Å². The van der Waals surface area contributed by atoms with Gasteiger partial charge < -0.3 is 10.1 Å². The summed E-state index contributed by atoms with van der Waals surface area (Å²) in [5, 5.41) is 21.6. The number of thioether (sulfide) groups is 1. The van der Waals surface area contributed by atoms with Crippen LogP contribution in [0.2, 0.25) is 0 Å². The molecular weight excluding hydrogens is 494 g/mol. The first-order valence-corrected chi connectivity index (χ1v) is 13.7. The fourth-order valence-corrected chi connectivity index (χ4v) is 7.23. The Morgan fingerprint density at radius 2 is 2.11 bits per heavy atom. The number of thiophene rings is 1. The van der Waals surface area contributed by atoms with Crippen LogP contribution in [-0.4, -0.2) is 38.7 Å². The molecular formula is C25H25N7O2S2. The van der Waals surface area contributed by atoms with Crippen LogP contribution in [0, 0.1) is 0 Å². The van der Waals surface area contributed by atoms with E-state index in [-0.39, 0.29) is 23.4 Å². The first kappa shape index (κ1) is 22.3. The highest BCUT2D eigenvalue weighted by atomic mass is 32.2. The van der Waals surface area contributed by atoms with E-state index in [0.29, 0.717) is 18.4 Å². The lowest BCUT2D eigenvalue weighted by Crippen LogP contribution is -2.40. The predicted molar refractivity (Wildman–Crippen MR) is 141 cm³/mol. The smallest absolute Gasteiger partial charge is 0.249 e. The summed E-state index contributed by atoms with van der Waals surface area (Å²) in [5.41, 5.74) is 6.60. The molecule has 0 aliphatic carbocycles. The van der Waals surface area contributed by atoms with Gasteiger partial charge in [-0.15, -0.1) is 21.5 Å². The number of carbonyl (C=O) groups excluding carboxylic acids is 1. The lowest BCUT2D eigenvalue weighted by molar-refractivity contribution is -0.113. The highest BCUT2D eigenvalue weighted by Gasteiger charge is 2.43. The third kappa shape index (κ3) is 3.53. The Kier molecular flexibility index (Phi) is 5.12. The van der Waals surface area contributed by atoms with Gasteiger partial charge >= 0.3 is 0 Å². The maximum atomic E-state index is 12.9. The van der Waals surface area contributed by atoms with Crippen molar-refractivity contribution in [3.05, 3.63) is 58.5 Å². The normalized spacial score (nSPS) is 19.5. The van der Waals surface area contributed by atoms with Gasteiger partial charge in [0.2, 0.25) is 11.9 Å². The molecule has 1 unspecified atom stereocenters. The van der Waals surface area contributed by atoms with Gasteiger partial charge in [-0.2, -0.15) is 0 Å². The number of carbonyl (C=O) groups is 1. The number of aromatic nitrogens is 3. The average molecular weight is 520 g/mol. The van der Waals surface area contributed by atoms with Gasteiger partial charge in [0.25, 0.3) is 0 Å². The number of fused-ring (bicyclic) bond motifs is 9. The highest BCUT2D eigenvalue weighted by Crippen LogP contribution is 2.48. The van der Waals surface area contributed by atoms with Crippen LogP contribution in [0.4, 0.5) is 11.6 Å². The zero-order chi connectivity index (χ0) is 24.4. The molecule has 3 aliphatic rings. The van der Waals surface area contributed by atoms with Crippen molar-refractivity contribution < 1.29 is 9.53 Å². The van der Waals surface area contributed by atoms with E-state index in [1.54, 1.807) is 11.3 Å². The molecule has 0 spiro atoms. The standard InChI is InChI=1S/C25H25N7O2S2/c1-25(2)10-16-18(11-34-25)36-22-20(16)21-26-13-27-32(21)23-29-30-24(31(22)23)35-12-19(33)28-17-9-5-7-14-6-3-4-8-15(14)17/h3-9,21,26-27H,10-13H2,1-2H3,(H,28,33). The highest BCUT2D eigenvalue weighted by molar-refractivity contribution is 7.99. The van der Waals surface area contributed by atoms with E-state index in [4.69, 9.17) is 4.74 Å². The minimum absolute atomic E-state index is 0.00175. The van der Waals surface area contributed by atoms with Gasteiger partial charge in [0.05, 0.1) is 24.6 Å². The van der Waals surface area contributed by atoms with Crippen molar-refractivity contribution in [2.24, 2.45) is 0 Å². The number of hydrazine groups is 1. The average Bonchev–Trinajstić information content (AvgIpc) is 3.58. The summed E-state index contributed by atoms with van der Waals surface area (Å²) in [7, 11) is 0. The Balaban J connectivity index is 1.19. The molecule has 1 fully saturated rings. The molecule has 4 aromatic rings. The molecule has 9 nitrogen and oxygen atoms in total. The SMILES string of the molecule is CC1(C)Cc2c(sc3c2C2NCNN2c2nnc(SCC(=O)Nc4cccc5ccccc45)n2-3)CO1. The molecule has 0 bridgehead atoms. The van der Waals surface area contributed by atoms with Gasteiger partial charge in [0.1, 0.15) is 11.2 Å². The third-order valence-electron chi connectivity index (χ3n) is 6.82. The Morgan fingerprint density at radius 1 is 1.25 bits per heavy atom. The molecule has 1 amide bonds. The molecule has 36 heavy (non-hydrogen) atoms. The van der Waals surface area contributed by atoms with E-state index in [9.17, 15) is 4.79 Å². The number of rotatable bonds is 4. The van der Waals surface area contributed by atoms with Crippen molar-refractivity contribution in [3.63, 3.8) is 0 Å². The molecule has 3 N–H and O–H groups in total. The number of anilines is 2. The maximum absolute atomic E-state index is 12.9. The molecule has 2 aromatic heterocycles. The maximum Gasteiger partial charge on any atom is 0.249 e. The molecule has 3 aliphatic heterocycles. The number of hydrogen-bond donors (Lipinski definition) is 3. The van der Waals surface area contributed by atoms with Gasteiger partial charge in [-0.1, -0.05) is 48.2 Å². The second-order valence-corrected chi connectivity index (χ2v) is 11.8. The molecule has 11 heteroatoms. The molecule has 2 aromatic carbocycles. The van der Waals surface area contributed by atoms with Gasteiger partial charge in [-0.05, 0) is 30.9 Å². The van der Waals surface area contributed by atoms with Gasteiger partial charge in [0, 0.05) is 27.9 Å². The predicted octanol–water partition coefficient (Wildman–Crippen LogP) is 3.95. The Labute approximate surface area is 216 Å². The van der Waals surface area contributed by atoms with Crippen LogP contribution >= 0.6 is 23.1 Å². The van der Waals surface area contributed by atoms with Crippen molar-refractivity contribution in [3.8, 4) is 5.00 Å². The van der Waals surface area contributed by atoms with E-state index >= 15 is 0 Å². The lowest BCUT2D eigenvalue weighted by Gasteiger charge is -2.34. The molecule has 1 saturated heterocycles. The number of nitrogens with zero attached hydrogens (tertiary/aromatic N) is 4. The summed E-state index contributed by atoms with van der Waals surface area (Å²) in [6, 6.07) is 14.0. The number of benzene rings is 2. The summed E-state index contributed by atoms with van der Waals surface area (Å²) in [6.45, 7) is 5.53. The molecule has 184 valence electrons. The van der Waals surface area contributed by atoms with Crippen LogP contribution in [0.15, 0.2) is 47.6 Å². The molecule has 0 saturated carbocycles. The Bertz CT molecular complexity index is 1510. The topological polar surface area (TPSA) is 96.3 Å². The molecule has 1 atom stereocenters.